The van der Waals surface area contributed by atoms with Crippen LogP contribution in [0.5, 0.6) is 0 Å². The van der Waals surface area contributed by atoms with Crippen molar-refractivity contribution in [3.05, 3.63) is 57.4 Å². The predicted octanol–water partition coefficient (Wildman–Crippen LogP) is 3.18. The van der Waals surface area contributed by atoms with E-state index in [-0.39, 0.29) is 11.8 Å². The lowest BCUT2D eigenvalue weighted by Gasteiger charge is -2.04. The van der Waals surface area contributed by atoms with Crippen LogP contribution in [0.25, 0.3) is 10.9 Å². The van der Waals surface area contributed by atoms with E-state index in [4.69, 9.17) is 0 Å². The molecule has 5 nitrogen and oxygen atoms in total. The van der Waals surface area contributed by atoms with Gasteiger partial charge in [0.1, 0.15) is 5.69 Å². The van der Waals surface area contributed by atoms with Gasteiger partial charge in [-0.1, -0.05) is 25.1 Å². The fourth-order valence-corrected chi connectivity index (χ4v) is 3.43. The molecule has 6 heteroatoms. The minimum absolute atomic E-state index is 0.303. The number of hydrogen-bond donors (Lipinski definition) is 3. The zero-order chi connectivity index (χ0) is 16.4. The second kappa shape index (κ2) is 6.26. The van der Waals surface area contributed by atoms with E-state index in [1.165, 1.54) is 16.2 Å². The Morgan fingerprint density at radius 3 is 2.57 bits per heavy atom. The number of aryl methyl sites for hydroxylation is 2. The van der Waals surface area contributed by atoms with Gasteiger partial charge in [0.05, 0.1) is 4.88 Å². The second-order valence-corrected chi connectivity index (χ2v) is 6.39. The van der Waals surface area contributed by atoms with E-state index >= 15 is 0 Å². The number of hydrogen-bond acceptors (Lipinski definition) is 3. The highest BCUT2D eigenvalue weighted by Gasteiger charge is 2.14. The Balaban J connectivity index is 1.67. The first-order valence-electron chi connectivity index (χ1n) is 7.36. The van der Waals surface area contributed by atoms with Crippen LogP contribution >= 0.6 is 11.3 Å². The molecule has 0 spiro atoms. The van der Waals surface area contributed by atoms with Crippen molar-refractivity contribution < 1.29 is 9.59 Å². The van der Waals surface area contributed by atoms with Crippen LogP contribution < -0.4 is 10.9 Å². The molecule has 0 radical (unpaired) electrons. The van der Waals surface area contributed by atoms with E-state index in [2.05, 4.69) is 22.8 Å². The largest absolute Gasteiger partial charge is 0.350 e. The Hall–Kier alpha value is -2.60. The van der Waals surface area contributed by atoms with E-state index in [9.17, 15) is 9.59 Å². The quantitative estimate of drug-likeness (QED) is 0.646. The Morgan fingerprint density at radius 2 is 1.87 bits per heavy atom. The summed E-state index contributed by atoms with van der Waals surface area (Å²) >= 11 is 1.45. The highest BCUT2D eigenvalue weighted by molar-refractivity contribution is 7.14. The maximum absolute atomic E-state index is 12.1. The molecular formula is C17H17N3O2S. The number of thiophene rings is 1. The van der Waals surface area contributed by atoms with Crippen molar-refractivity contribution in [1.29, 1.82) is 0 Å². The summed E-state index contributed by atoms with van der Waals surface area (Å²) in [6.07, 6.45) is 0.894. The first kappa shape index (κ1) is 15.3. The highest BCUT2D eigenvalue weighted by atomic mass is 32.1. The number of nitrogens with one attached hydrogen (secondary N) is 3. The van der Waals surface area contributed by atoms with Crippen molar-refractivity contribution in [2.24, 2.45) is 0 Å². The molecule has 0 saturated carbocycles. The standard InChI is InChI=1S/C17H17N3O2S/c1-3-14-10(2)8-15(23-14)17(22)20-19-16(21)13-9-11-6-4-5-7-12(11)18-13/h4-9,18H,3H2,1-2H3,(H,19,21)(H,20,22). The molecule has 0 fully saturated rings. The summed E-state index contributed by atoms with van der Waals surface area (Å²) in [7, 11) is 0. The molecule has 1 aromatic carbocycles. The molecule has 3 aromatic rings. The number of amides is 2. The SMILES string of the molecule is CCc1sc(C(=O)NNC(=O)c2cc3ccccc3[nH]2)cc1C. The summed E-state index contributed by atoms with van der Waals surface area (Å²) in [6, 6.07) is 11.2. The number of carbonyl (C=O) groups excluding carboxylic acids is 2. The van der Waals surface area contributed by atoms with Crippen molar-refractivity contribution in [2.45, 2.75) is 20.3 Å². The van der Waals surface area contributed by atoms with Crippen molar-refractivity contribution >= 4 is 34.1 Å². The Labute approximate surface area is 137 Å². The minimum atomic E-state index is -0.376. The number of hydrazine groups is 1. The second-order valence-electron chi connectivity index (χ2n) is 5.25. The van der Waals surface area contributed by atoms with Gasteiger partial charge in [0.2, 0.25) is 0 Å². The normalized spacial score (nSPS) is 10.7. The van der Waals surface area contributed by atoms with Crippen LogP contribution in [0.1, 0.15) is 37.5 Å². The number of rotatable bonds is 3. The van der Waals surface area contributed by atoms with Crippen LogP contribution in [0.3, 0.4) is 0 Å². The van der Waals surface area contributed by atoms with E-state index in [0.29, 0.717) is 10.6 Å². The van der Waals surface area contributed by atoms with Crippen molar-refractivity contribution in [2.75, 3.05) is 0 Å². The number of aromatic amines is 1. The number of carbonyl (C=O) groups is 2. The van der Waals surface area contributed by atoms with Gasteiger partial charge in [0.25, 0.3) is 11.8 Å². The van der Waals surface area contributed by atoms with Gasteiger partial charge < -0.3 is 4.98 Å². The zero-order valence-electron chi connectivity index (χ0n) is 12.9. The fraction of sp³-hybridized carbons (Fsp3) is 0.176. The molecule has 2 heterocycles. The molecule has 0 bridgehead atoms. The first-order chi connectivity index (χ1) is 11.1. The lowest BCUT2D eigenvalue weighted by Crippen LogP contribution is -2.41. The summed E-state index contributed by atoms with van der Waals surface area (Å²) in [5.41, 5.74) is 7.29. The number of para-hydroxylation sites is 1. The van der Waals surface area contributed by atoms with Crippen LogP contribution in [0.2, 0.25) is 0 Å². The molecular weight excluding hydrogens is 310 g/mol. The van der Waals surface area contributed by atoms with Crippen molar-refractivity contribution in [1.82, 2.24) is 15.8 Å². The maximum Gasteiger partial charge on any atom is 0.286 e. The third-order valence-corrected chi connectivity index (χ3v) is 5.01. The van der Waals surface area contributed by atoms with Crippen LogP contribution in [-0.2, 0) is 6.42 Å². The summed E-state index contributed by atoms with van der Waals surface area (Å²) in [5.74, 6) is -0.680. The summed E-state index contributed by atoms with van der Waals surface area (Å²) in [4.78, 5) is 29.0. The van der Waals surface area contributed by atoms with Crippen molar-refractivity contribution in [3.8, 4) is 0 Å². The molecule has 0 aliphatic rings. The highest BCUT2D eigenvalue weighted by Crippen LogP contribution is 2.22. The molecule has 3 rings (SSSR count). The minimum Gasteiger partial charge on any atom is -0.350 e. The number of H-pyrrole nitrogens is 1. The van der Waals surface area contributed by atoms with Crippen LogP contribution in [-0.4, -0.2) is 16.8 Å². The molecule has 2 amide bonds. The summed E-state index contributed by atoms with van der Waals surface area (Å²) in [5, 5.41) is 0.949. The molecule has 2 aromatic heterocycles. The molecule has 0 atom stereocenters. The van der Waals surface area contributed by atoms with Crippen molar-refractivity contribution in [3.63, 3.8) is 0 Å². The topological polar surface area (TPSA) is 74.0 Å². The Kier molecular flexibility index (Phi) is 4.16. The first-order valence-corrected chi connectivity index (χ1v) is 8.18. The molecule has 3 N–H and O–H groups in total. The lowest BCUT2D eigenvalue weighted by molar-refractivity contribution is 0.0846. The summed E-state index contributed by atoms with van der Waals surface area (Å²) < 4.78 is 0. The smallest absolute Gasteiger partial charge is 0.286 e. The fourth-order valence-electron chi connectivity index (χ4n) is 2.42. The van der Waals surface area contributed by atoms with Crippen LogP contribution in [0.15, 0.2) is 36.4 Å². The predicted molar refractivity (Wildman–Crippen MR) is 91.7 cm³/mol. The Morgan fingerprint density at radius 1 is 1.13 bits per heavy atom. The number of aromatic nitrogens is 1. The molecule has 23 heavy (non-hydrogen) atoms. The third kappa shape index (κ3) is 3.12. The van der Waals surface area contributed by atoms with Gasteiger partial charge in [0.15, 0.2) is 0 Å². The van der Waals surface area contributed by atoms with Gasteiger partial charge in [-0.15, -0.1) is 11.3 Å². The van der Waals surface area contributed by atoms with Crippen LogP contribution in [0.4, 0.5) is 0 Å². The van der Waals surface area contributed by atoms with Gasteiger partial charge in [-0.25, -0.2) is 0 Å². The monoisotopic (exact) mass is 327 g/mol. The van der Waals surface area contributed by atoms with Crippen LogP contribution in [0, 0.1) is 6.92 Å². The van der Waals surface area contributed by atoms with E-state index in [1.54, 1.807) is 6.07 Å². The van der Waals surface area contributed by atoms with Gasteiger partial charge in [-0.3, -0.25) is 20.4 Å². The van der Waals surface area contributed by atoms with E-state index in [1.807, 2.05) is 37.3 Å². The summed E-state index contributed by atoms with van der Waals surface area (Å²) in [6.45, 7) is 4.04. The van der Waals surface area contributed by atoms with Gasteiger partial charge in [-0.2, -0.15) is 0 Å². The molecule has 0 unspecified atom stereocenters. The average molecular weight is 327 g/mol. The zero-order valence-corrected chi connectivity index (χ0v) is 13.7. The molecule has 0 aliphatic carbocycles. The van der Waals surface area contributed by atoms with E-state index < -0.39 is 0 Å². The third-order valence-electron chi connectivity index (χ3n) is 3.63. The van der Waals surface area contributed by atoms with Gasteiger partial charge >= 0.3 is 0 Å². The van der Waals surface area contributed by atoms with Gasteiger partial charge in [-0.05, 0) is 37.1 Å². The maximum atomic E-state index is 12.1. The number of fused-ring (bicyclic) bond motifs is 1. The average Bonchev–Trinajstić information content (AvgIpc) is 3.15. The Bertz CT molecular complexity index is 846. The molecule has 118 valence electrons. The lowest BCUT2D eigenvalue weighted by atomic mass is 10.2. The van der Waals surface area contributed by atoms with Gasteiger partial charge in [0, 0.05) is 15.8 Å². The number of benzene rings is 1. The molecule has 0 aliphatic heterocycles. The molecule has 0 saturated heterocycles. The van der Waals surface area contributed by atoms with E-state index in [0.717, 1.165) is 22.9 Å².